The number of nitrogens with zero attached hydrogens (tertiary/aromatic N) is 1. The molecule has 0 saturated heterocycles. The second-order valence-electron chi connectivity index (χ2n) is 3.85. The zero-order valence-electron chi connectivity index (χ0n) is 10.3. The molecule has 3 N–H and O–H groups in total. The number of aliphatic carboxylic acids is 2. The van der Waals surface area contributed by atoms with Gasteiger partial charge in [0.2, 0.25) is 0 Å². The molecular weight excluding hydrogens is 308 g/mol. The fourth-order valence-electron chi connectivity index (χ4n) is 1.49. The molecule has 0 spiro atoms. The summed E-state index contributed by atoms with van der Waals surface area (Å²) in [6.45, 7) is 0. The molecule has 9 nitrogen and oxygen atoms in total. The number of carbonyl (C=O) groups excluding carboxylic acids is 1. The predicted octanol–water partition coefficient (Wildman–Crippen LogP) is 0.906. The maximum atomic E-state index is 11.9. The Morgan fingerprint density at radius 2 is 1.95 bits per heavy atom. The standard InChI is InChI=1S/C11H9ClN2O7/c12-5-2-1-3-7(14(20)21)9(5)10(17)13-6(11(18)19)4-8(15)16/h1-3,6H,4H2,(H,13,17)(H,15,16)(H,18,19)/t6-/m0/s1. The summed E-state index contributed by atoms with van der Waals surface area (Å²) in [6, 6.07) is 1.76. The van der Waals surface area contributed by atoms with Crippen LogP contribution in [0, 0.1) is 10.1 Å². The maximum absolute atomic E-state index is 11.9. The number of rotatable bonds is 6. The highest BCUT2D eigenvalue weighted by molar-refractivity contribution is 6.34. The summed E-state index contributed by atoms with van der Waals surface area (Å²) in [4.78, 5) is 43.3. The van der Waals surface area contributed by atoms with Gasteiger partial charge in [-0.2, -0.15) is 0 Å². The highest BCUT2D eigenvalue weighted by Crippen LogP contribution is 2.26. The van der Waals surface area contributed by atoms with Gasteiger partial charge in [0.25, 0.3) is 11.6 Å². The van der Waals surface area contributed by atoms with Gasteiger partial charge in [-0.05, 0) is 6.07 Å². The molecule has 1 aromatic rings. The lowest BCUT2D eigenvalue weighted by Crippen LogP contribution is -2.42. The van der Waals surface area contributed by atoms with Crippen molar-refractivity contribution in [1.29, 1.82) is 0 Å². The zero-order chi connectivity index (χ0) is 16.2. The molecule has 0 fully saturated rings. The van der Waals surface area contributed by atoms with E-state index in [0.717, 1.165) is 6.07 Å². The molecule has 1 rings (SSSR count). The van der Waals surface area contributed by atoms with E-state index in [0.29, 0.717) is 0 Å². The molecule has 1 aromatic carbocycles. The minimum atomic E-state index is -1.73. The van der Waals surface area contributed by atoms with Crippen LogP contribution in [0.25, 0.3) is 0 Å². The number of amides is 1. The van der Waals surface area contributed by atoms with Crippen molar-refractivity contribution in [1.82, 2.24) is 5.32 Å². The summed E-state index contributed by atoms with van der Waals surface area (Å²) < 4.78 is 0. The minimum Gasteiger partial charge on any atom is -0.481 e. The quantitative estimate of drug-likeness (QED) is 0.521. The van der Waals surface area contributed by atoms with E-state index in [1.807, 2.05) is 5.32 Å². The third kappa shape index (κ3) is 4.14. The molecule has 0 saturated carbocycles. The Labute approximate surface area is 122 Å². The Morgan fingerprint density at radius 3 is 2.43 bits per heavy atom. The Kier molecular flexibility index (Phi) is 5.19. The summed E-state index contributed by atoms with van der Waals surface area (Å²) in [6.07, 6.45) is -0.876. The van der Waals surface area contributed by atoms with Crippen molar-refractivity contribution < 1.29 is 29.5 Å². The molecule has 0 aliphatic rings. The Morgan fingerprint density at radius 1 is 1.33 bits per heavy atom. The first-order valence-corrected chi connectivity index (χ1v) is 5.80. The zero-order valence-corrected chi connectivity index (χ0v) is 11.0. The van der Waals surface area contributed by atoms with Gasteiger partial charge in [0.15, 0.2) is 0 Å². The van der Waals surface area contributed by atoms with Gasteiger partial charge in [0.1, 0.15) is 11.6 Å². The van der Waals surface area contributed by atoms with Gasteiger partial charge in [-0.1, -0.05) is 17.7 Å². The van der Waals surface area contributed by atoms with Crippen LogP contribution in [0.4, 0.5) is 5.69 Å². The SMILES string of the molecule is O=C(O)C[C@H](NC(=O)c1c(Cl)cccc1[N+](=O)[O-])C(=O)O. The maximum Gasteiger partial charge on any atom is 0.326 e. The summed E-state index contributed by atoms with van der Waals surface area (Å²) in [7, 11) is 0. The largest absolute Gasteiger partial charge is 0.481 e. The number of hydrogen-bond donors (Lipinski definition) is 3. The smallest absolute Gasteiger partial charge is 0.326 e. The number of carboxylic acid groups (broad SMARTS) is 2. The summed E-state index contributed by atoms with van der Waals surface area (Å²) in [5.74, 6) is -4.17. The number of hydrogen-bond acceptors (Lipinski definition) is 5. The van der Waals surface area contributed by atoms with Crippen LogP contribution in [0.3, 0.4) is 0 Å². The highest BCUT2D eigenvalue weighted by atomic mass is 35.5. The van der Waals surface area contributed by atoms with Crippen molar-refractivity contribution in [3.63, 3.8) is 0 Å². The number of nitro benzene ring substituents is 1. The molecule has 1 atom stereocenters. The minimum absolute atomic E-state index is 0.249. The van der Waals surface area contributed by atoms with Crippen molar-refractivity contribution in [2.24, 2.45) is 0 Å². The highest BCUT2D eigenvalue weighted by Gasteiger charge is 2.28. The van der Waals surface area contributed by atoms with Gasteiger partial charge in [-0.25, -0.2) is 4.79 Å². The lowest BCUT2D eigenvalue weighted by molar-refractivity contribution is -0.385. The number of nitro groups is 1. The Hall–Kier alpha value is -2.68. The van der Waals surface area contributed by atoms with Crippen LogP contribution >= 0.6 is 11.6 Å². The van der Waals surface area contributed by atoms with E-state index in [4.69, 9.17) is 21.8 Å². The van der Waals surface area contributed by atoms with E-state index in [1.165, 1.54) is 12.1 Å². The normalized spacial score (nSPS) is 11.5. The summed E-state index contributed by atoms with van der Waals surface area (Å²) in [5.41, 5.74) is -1.14. The number of benzene rings is 1. The summed E-state index contributed by atoms with van der Waals surface area (Å²) in [5, 5.41) is 29.9. The first-order valence-electron chi connectivity index (χ1n) is 5.42. The van der Waals surface area contributed by atoms with E-state index in [-0.39, 0.29) is 5.02 Å². The van der Waals surface area contributed by atoms with E-state index in [9.17, 15) is 24.5 Å². The fraction of sp³-hybridized carbons (Fsp3) is 0.182. The molecule has 0 aliphatic heterocycles. The fourth-order valence-corrected chi connectivity index (χ4v) is 1.75. The van der Waals surface area contributed by atoms with Crippen molar-refractivity contribution in [2.45, 2.75) is 12.5 Å². The number of halogens is 1. The van der Waals surface area contributed by atoms with Crippen molar-refractivity contribution >= 4 is 35.1 Å². The average molecular weight is 317 g/mol. The van der Waals surface area contributed by atoms with E-state index in [2.05, 4.69) is 0 Å². The monoisotopic (exact) mass is 316 g/mol. The van der Waals surface area contributed by atoms with E-state index < -0.39 is 46.5 Å². The molecule has 0 heterocycles. The molecule has 0 unspecified atom stereocenters. The van der Waals surface area contributed by atoms with Crippen LogP contribution in [-0.4, -0.2) is 39.0 Å². The molecule has 0 aromatic heterocycles. The van der Waals surface area contributed by atoms with Crippen LogP contribution in [0.15, 0.2) is 18.2 Å². The summed E-state index contributed by atoms with van der Waals surface area (Å²) >= 11 is 5.71. The third-order valence-corrected chi connectivity index (χ3v) is 2.71. The molecule has 21 heavy (non-hydrogen) atoms. The molecule has 0 aliphatic carbocycles. The van der Waals surface area contributed by atoms with Crippen molar-refractivity contribution in [3.8, 4) is 0 Å². The van der Waals surface area contributed by atoms with Gasteiger partial charge >= 0.3 is 11.9 Å². The van der Waals surface area contributed by atoms with E-state index >= 15 is 0 Å². The van der Waals surface area contributed by atoms with Gasteiger partial charge in [0.05, 0.1) is 16.4 Å². The predicted molar refractivity (Wildman–Crippen MR) is 69.2 cm³/mol. The number of carbonyl (C=O) groups is 3. The topological polar surface area (TPSA) is 147 Å². The second-order valence-corrected chi connectivity index (χ2v) is 4.26. The van der Waals surface area contributed by atoms with Crippen molar-refractivity contribution in [2.75, 3.05) is 0 Å². The van der Waals surface area contributed by atoms with Crippen LogP contribution in [-0.2, 0) is 9.59 Å². The molecular formula is C11H9ClN2O7. The molecule has 10 heteroatoms. The molecule has 112 valence electrons. The van der Waals surface area contributed by atoms with Crippen molar-refractivity contribution in [3.05, 3.63) is 38.9 Å². The van der Waals surface area contributed by atoms with Gasteiger partial charge < -0.3 is 15.5 Å². The van der Waals surface area contributed by atoms with E-state index in [1.54, 1.807) is 0 Å². The average Bonchev–Trinajstić information content (AvgIpc) is 2.36. The van der Waals surface area contributed by atoms with Gasteiger partial charge in [0, 0.05) is 6.07 Å². The number of carboxylic acids is 2. The first kappa shape index (κ1) is 16.4. The van der Waals surface area contributed by atoms with Gasteiger partial charge in [-0.15, -0.1) is 0 Å². The van der Waals surface area contributed by atoms with Crippen LogP contribution in [0.1, 0.15) is 16.8 Å². The Bertz CT molecular complexity index is 617. The third-order valence-electron chi connectivity index (χ3n) is 2.40. The second kappa shape index (κ2) is 6.66. The first-order chi connectivity index (χ1) is 9.73. The lowest BCUT2D eigenvalue weighted by Gasteiger charge is -2.13. The van der Waals surface area contributed by atoms with Crippen LogP contribution < -0.4 is 5.32 Å². The lowest BCUT2D eigenvalue weighted by atomic mass is 10.1. The van der Waals surface area contributed by atoms with Gasteiger partial charge in [-0.3, -0.25) is 19.7 Å². The van der Waals surface area contributed by atoms with Crippen LogP contribution in [0.5, 0.6) is 0 Å². The molecule has 1 amide bonds. The van der Waals surface area contributed by atoms with Crippen LogP contribution in [0.2, 0.25) is 5.02 Å². The molecule has 0 bridgehead atoms. The molecule has 0 radical (unpaired) electrons. The number of nitrogens with one attached hydrogen (secondary N) is 1. The Balaban J connectivity index is 3.11.